The minimum Gasteiger partial charge on any atom is -0.364 e. The van der Waals surface area contributed by atoms with E-state index in [4.69, 9.17) is 11.1 Å². The lowest BCUT2D eigenvalue weighted by molar-refractivity contribution is -0.111. The van der Waals surface area contributed by atoms with Crippen LogP contribution in [0, 0.1) is 5.41 Å². The third kappa shape index (κ3) is 4.31. The van der Waals surface area contributed by atoms with Crippen LogP contribution in [0.15, 0.2) is 90.9 Å². The minimum atomic E-state index is -0.749. The molecule has 5 aromatic rings. The van der Waals surface area contributed by atoms with Crippen molar-refractivity contribution in [1.29, 1.82) is 5.41 Å². The van der Waals surface area contributed by atoms with E-state index in [0.29, 0.717) is 5.70 Å². The minimum absolute atomic E-state index is 0.231. The van der Waals surface area contributed by atoms with Crippen molar-refractivity contribution in [3.63, 3.8) is 0 Å². The van der Waals surface area contributed by atoms with Crippen molar-refractivity contribution in [2.45, 2.75) is 13.5 Å². The van der Waals surface area contributed by atoms with Crippen LogP contribution in [-0.4, -0.2) is 26.4 Å². The number of primary amides is 1. The Morgan fingerprint density at radius 2 is 1.85 bits per heavy atom. The van der Waals surface area contributed by atoms with Crippen LogP contribution >= 0.6 is 0 Å². The van der Waals surface area contributed by atoms with Crippen molar-refractivity contribution in [3.05, 3.63) is 96.5 Å². The maximum atomic E-state index is 11.1. The summed E-state index contributed by atoms with van der Waals surface area (Å²) in [4.78, 5) is 11.1. The third-order valence-corrected chi connectivity index (χ3v) is 5.82. The van der Waals surface area contributed by atoms with Gasteiger partial charge >= 0.3 is 0 Å². The molecule has 2 aromatic heterocycles. The van der Waals surface area contributed by atoms with Gasteiger partial charge in [-0.25, -0.2) is 0 Å². The molecular formula is C27H24N6O. The molecule has 5 N–H and O–H groups in total. The molecule has 5 rings (SSSR count). The van der Waals surface area contributed by atoms with Gasteiger partial charge in [-0.3, -0.25) is 15.3 Å². The molecule has 2 heterocycles. The fourth-order valence-corrected chi connectivity index (χ4v) is 4.09. The van der Waals surface area contributed by atoms with Crippen LogP contribution in [0.5, 0.6) is 0 Å². The highest BCUT2D eigenvalue weighted by Gasteiger charge is 2.06. The lowest BCUT2D eigenvalue weighted by atomic mass is 10.0. The quantitative estimate of drug-likeness (QED) is 0.261. The number of benzene rings is 3. The standard InChI is InChI=1S/C27H24N6O/c1-17(12-24(28)27(29)34)31-23-7-9-26-21(14-23)10-11-33(26)16-18-2-4-19(5-3-18)20-6-8-25-22(13-20)15-30-32-25/h2-15,28,31H,16H2,1H3,(H2,29,34)(H,30,32)/b17-12-,28-24?. The highest BCUT2D eigenvalue weighted by Crippen LogP contribution is 2.25. The predicted octanol–water partition coefficient (Wildman–Crippen LogP) is 5.05. The van der Waals surface area contributed by atoms with Gasteiger partial charge < -0.3 is 15.6 Å². The Labute approximate surface area is 196 Å². The third-order valence-electron chi connectivity index (χ3n) is 5.82. The fraction of sp³-hybridized carbons (Fsp3) is 0.0741. The van der Waals surface area contributed by atoms with Crippen molar-refractivity contribution < 1.29 is 4.79 Å². The van der Waals surface area contributed by atoms with Gasteiger partial charge in [0.15, 0.2) is 0 Å². The zero-order chi connectivity index (χ0) is 23.7. The topological polar surface area (TPSA) is 113 Å². The van der Waals surface area contributed by atoms with E-state index in [0.717, 1.165) is 34.0 Å². The largest absolute Gasteiger partial charge is 0.364 e. The lowest BCUT2D eigenvalue weighted by Gasteiger charge is -2.10. The molecule has 0 saturated heterocycles. The Kier molecular flexibility index (Phi) is 5.43. The van der Waals surface area contributed by atoms with Crippen LogP contribution in [0.25, 0.3) is 32.9 Å². The van der Waals surface area contributed by atoms with Gasteiger partial charge in [0.2, 0.25) is 0 Å². The number of allylic oxidation sites excluding steroid dienone is 1. The van der Waals surface area contributed by atoms with Gasteiger partial charge in [0.1, 0.15) is 5.71 Å². The number of carbonyl (C=O) groups is 1. The van der Waals surface area contributed by atoms with Crippen LogP contribution in [0.2, 0.25) is 0 Å². The van der Waals surface area contributed by atoms with Crippen LogP contribution in [0.3, 0.4) is 0 Å². The second kappa shape index (κ2) is 8.71. The van der Waals surface area contributed by atoms with Crippen molar-refractivity contribution in [2.75, 3.05) is 5.32 Å². The summed E-state index contributed by atoms with van der Waals surface area (Å²) in [5.41, 5.74) is 12.2. The zero-order valence-electron chi connectivity index (χ0n) is 18.7. The van der Waals surface area contributed by atoms with Gasteiger partial charge in [0.05, 0.1) is 11.7 Å². The predicted molar refractivity (Wildman–Crippen MR) is 137 cm³/mol. The van der Waals surface area contributed by atoms with Crippen molar-refractivity contribution >= 4 is 39.1 Å². The summed E-state index contributed by atoms with van der Waals surface area (Å²) < 4.78 is 2.22. The molecule has 1 amide bonds. The van der Waals surface area contributed by atoms with E-state index in [9.17, 15) is 4.79 Å². The first kappa shape index (κ1) is 21.2. The van der Waals surface area contributed by atoms with E-state index in [1.807, 2.05) is 18.3 Å². The van der Waals surface area contributed by atoms with Crippen LogP contribution < -0.4 is 11.1 Å². The number of nitrogens with zero attached hydrogens (tertiary/aromatic N) is 2. The van der Waals surface area contributed by atoms with Crippen molar-refractivity contribution in [3.8, 4) is 11.1 Å². The van der Waals surface area contributed by atoms with E-state index in [2.05, 4.69) is 80.9 Å². The van der Waals surface area contributed by atoms with Crippen molar-refractivity contribution in [2.24, 2.45) is 5.73 Å². The number of hydrogen-bond acceptors (Lipinski definition) is 4. The van der Waals surface area contributed by atoms with E-state index in [-0.39, 0.29) is 5.71 Å². The van der Waals surface area contributed by atoms with Gasteiger partial charge in [-0.05, 0) is 66.1 Å². The highest BCUT2D eigenvalue weighted by atomic mass is 16.1. The number of hydrogen-bond donors (Lipinski definition) is 4. The number of carbonyl (C=O) groups excluding carboxylic acids is 1. The summed E-state index contributed by atoms with van der Waals surface area (Å²) in [6.45, 7) is 2.57. The smallest absolute Gasteiger partial charge is 0.266 e. The van der Waals surface area contributed by atoms with E-state index in [1.54, 1.807) is 6.92 Å². The number of amides is 1. The summed E-state index contributed by atoms with van der Waals surface area (Å²) in [6.07, 6.45) is 5.35. The molecule has 0 spiro atoms. The van der Waals surface area contributed by atoms with Gasteiger partial charge in [-0.1, -0.05) is 30.3 Å². The SMILES string of the molecule is C/C(=C/C(=N)C(N)=O)Nc1ccc2c(ccn2Cc2ccc(-c3ccc4[nH]ncc4c3)cc2)c1. The number of nitrogens with one attached hydrogen (secondary N) is 3. The number of anilines is 1. The Morgan fingerprint density at radius 1 is 1.06 bits per heavy atom. The molecule has 0 aliphatic heterocycles. The molecule has 0 unspecified atom stereocenters. The maximum Gasteiger partial charge on any atom is 0.266 e. The number of H-pyrrole nitrogens is 1. The molecule has 0 aliphatic rings. The average molecular weight is 449 g/mol. The molecule has 0 aliphatic carbocycles. The molecule has 0 saturated carbocycles. The Morgan fingerprint density at radius 3 is 2.65 bits per heavy atom. The summed E-state index contributed by atoms with van der Waals surface area (Å²) in [5.74, 6) is -0.749. The molecule has 0 fully saturated rings. The number of aromatic nitrogens is 3. The lowest BCUT2D eigenvalue weighted by Crippen LogP contribution is -2.21. The second-order valence-corrected chi connectivity index (χ2v) is 8.32. The Bertz CT molecular complexity index is 1560. The molecule has 0 bridgehead atoms. The molecule has 7 nitrogen and oxygen atoms in total. The first-order valence-electron chi connectivity index (χ1n) is 10.9. The molecule has 34 heavy (non-hydrogen) atoms. The van der Waals surface area contributed by atoms with E-state index < -0.39 is 5.91 Å². The molecule has 0 atom stereocenters. The van der Waals surface area contributed by atoms with Crippen LogP contribution in [-0.2, 0) is 11.3 Å². The van der Waals surface area contributed by atoms with Gasteiger partial charge in [-0.2, -0.15) is 5.10 Å². The fourth-order valence-electron chi connectivity index (χ4n) is 4.09. The van der Waals surface area contributed by atoms with Gasteiger partial charge in [0.25, 0.3) is 5.91 Å². The monoisotopic (exact) mass is 448 g/mol. The highest BCUT2D eigenvalue weighted by molar-refractivity contribution is 6.41. The molecular weight excluding hydrogens is 424 g/mol. The summed E-state index contributed by atoms with van der Waals surface area (Å²) in [6, 6.07) is 23.1. The summed E-state index contributed by atoms with van der Waals surface area (Å²) in [5, 5.41) is 20.1. The van der Waals surface area contributed by atoms with E-state index >= 15 is 0 Å². The summed E-state index contributed by atoms with van der Waals surface area (Å²) in [7, 11) is 0. The maximum absolute atomic E-state index is 11.1. The van der Waals surface area contributed by atoms with E-state index in [1.165, 1.54) is 22.8 Å². The molecule has 168 valence electrons. The summed E-state index contributed by atoms with van der Waals surface area (Å²) >= 11 is 0. The zero-order valence-corrected chi connectivity index (χ0v) is 18.7. The van der Waals surface area contributed by atoms with Gasteiger partial charge in [-0.15, -0.1) is 0 Å². The molecule has 0 radical (unpaired) electrons. The van der Waals surface area contributed by atoms with Crippen molar-refractivity contribution in [1.82, 2.24) is 14.8 Å². The van der Waals surface area contributed by atoms with Crippen LogP contribution in [0.1, 0.15) is 12.5 Å². The Hall–Kier alpha value is -4.65. The number of rotatable bonds is 7. The first-order valence-corrected chi connectivity index (χ1v) is 10.9. The number of nitrogens with two attached hydrogens (primary N) is 1. The molecule has 7 heteroatoms. The van der Waals surface area contributed by atoms with Gasteiger partial charge in [0, 0.05) is 40.4 Å². The molecule has 3 aromatic carbocycles. The number of aromatic amines is 1. The Balaban J connectivity index is 1.32. The normalized spacial score (nSPS) is 11.7. The first-order chi connectivity index (χ1) is 16.5. The average Bonchev–Trinajstić information content (AvgIpc) is 3.45. The second-order valence-electron chi connectivity index (χ2n) is 8.32. The number of fused-ring (bicyclic) bond motifs is 2. The van der Waals surface area contributed by atoms with Crippen LogP contribution in [0.4, 0.5) is 5.69 Å².